The van der Waals surface area contributed by atoms with Crippen LogP contribution in [-0.4, -0.2) is 47.7 Å². The second-order valence-electron chi connectivity index (χ2n) is 4.35. The lowest BCUT2D eigenvalue weighted by Crippen LogP contribution is -2.34. The number of aromatic nitrogens is 2. The number of anilines is 1. The molecule has 1 saturated heterocycles. The van der Waals surface area contributed by atoms with Crippen LogP contribution in [0, 0.1) is 0 Å². The van der Waals surface area contributed by atoms with Crippen molar-refractivity contribution in [1.82, 2.24) is 14.9 Å². The third-order valence-electron chi connectivity index (χ3n) is 3.37. The maximum atomic E-state index is 5.95. The van der Waals surface area contributed by atoms with Gasteiger partial charge in [-0.25, -0.2) is 9.97 Å². The molecule has 1 fully saturated rings. The van der Waals surface area contributed by atoms with E-state index in [4.69, 9.17) is 16.3 Å². The number of methoxy groups -OCH3 is 1. The van der Waals surface area contributed by atoms with Crippen molar-refractivity contribution in [3.05, 3.63) is 11.5 Å². The highest BCUT2D eigenvalue weighted by Crippen LogP contribution is 2.28. The van der Waals surface area contributed by atoms with Gasteiger partial charge >= 0.3 is 0 Å². The summed E-state index contributed by atoms with van der Waals surface area (Å²) in [7, 11) is 1.57. The summed E-state index contributed by atoms with van der Waals surface area (Å²) in [6, 6.07) is 0.563. The van der Waals surface area contributed by atoms with Crippen LogP contribution in [0.3, 0.4) is 0 Å². The molecule has 2 rings (SSSR count). The van der Waals surface area contributed by atoms with Gasteiger partial charge in [-0.1, -0.05) is 18.5 Å². The first kappa shape index (κ1) is 13.4. The highest BCUT2D eigenvalue weighted by Gasteiger charge is 2.23. The van der Waals surface area contributed by atoms with E-state index in [1.807, 2.05) is 0 Å². The van der Waals surface area contributed by atoms with Crippen molar-refractivity contribution in [2.45, 2.75) is 25.8 Å². The van der Waals surface area contributed by atoms with Crippen LogP contribution >= 0.6 is 11.6 Å². The quantitative estimate of drug-likeness (QED) is 0.830. The molecular weight excluding hydrogens is 252 g/mol. The van der Waals surface area contributed by atoms with Crippen molar-refractivity contribution in [2.75, 3.05) is 32.1 Å². The van der Waals surface area contributed by atoms with E-state index in [1.54, 1.807) is 7.11 Å². The predicted octanol–water partition coefficient (Wildman–Crippen LogP) is 2.03. The predicted molar refractivity (Wildman–Crippen MR) is 72.4 cm³/mol. The number of hydrogen-bond donors (Lipinski definition) is 1. The molecule has 0 spiro atoms. The van der Waals surface area contributed by atoms with Crippen LogP contribution in [0.25, 0.3) is 0 Å². The molecule has 1 N–H and O–H groups in total. The molecule has 1 atom stereocenters. The van der Waals surface area contributed by atoms with Gasteiger partial charge < -0.3 is 10.1 Å². The zero-order valence-electron chi connectivity index (χ0n) is 10.8. The van der Waals surface area contributed by atoms with Gasteiger partial charge in [-0.3, -0.25) is 4.90 Å². The van der Waals surface area contributed by atoms with Gasteiger partial charge in [0, 0.05) is 12.6 Å². The Balaban J connectivity index is 2.00. The fourth-order valence-electron chi connectivity index (χ4n) is 2.42. The van der Waals surface area contributed by atoms with Crippen LogP contribution < -0.4 is 10.1 Å². The summed E-state index contributed by atoms with van der Waals surface area (Å²) in [4.78, 5) is 10.5. The monoisotopic (exact) mass is 270 g/mol. The largest absolute Gasteiger partial charge is 0.490 e. The van der Waals surface area contributed by atoms with Crippen LogP contribution in [0.15, 0.2) is 6.33 Å². The zero-order valence-corrected chi connectivity index (χ0v) is 11.6. The Labute approximate surface area is 113 Å². The van der Waals surface area contributed by atoms with Crippen molar-refractivity contribution in [3.8, 4) is 5.75 Å². The Hall–Kier alpha value is -1.07. The molecule has 0 aromatic carbocycles. The number of rotatable bonds is 5. The molecule has 1 aromatic heterocycles. The molecule has 2 heterocycles. The molecule has 5 nitrogen and oxygen atoms in total. The zero-order chi connectivity index (χ0) is 13.0. The van der Waals surface area contributed by atoms with Crippen LogP contribution in [-0.2, 0) is 0 Å². The highest BCUT2D eigenvalue weighted by atomic mass is 35.5. The number of likely N-dealkylation sites (N-methyl/N-ethyl adjacent to an activating group) is 1. The molecule has 0 radical (unpaired) electrons. The Morgan fingerprint density at radius 2 is 2.39 bits per heavy atom. The minimum atomic E-state index is 0.341. The van der Waals surface area contributed by atoms with Crippen LogP contribution in [0.5, 0.6) is 5.75 Å². The summed E-state index contributed by atoms with van der Waals surface area (Å²) in [6.45, 7) is 5.33. The van der Waals surface area contributed by atoms with Gasteiger partial charge in [-0.05, 0) is 25.9 Å². The van der Waals surface area contributed by atoms with Gasteiger partial charge in [0.15, 0.2) is 16.7 Å². The van der Waals surface area contributed by atoms with E-state index >= 15 is 0 Å². The molecule has 18 heavy (non-hydrogen) atoms. The second-order valence-corrected chi connectivity index (χ2v) is 4.71. The molecule has 0 bridgehead atoms. The molecule has 6 heteroatoms. The van der Waals surface area contributed by atoms with Gasteiger partial charge in [-0.15, -0.1) is 0 Å². The molecule has 100 valence electrons. The third kappa shape index (κ3) is 2.84. The number of hydrogen-bond acceptors (Lipinski definition) is 5. The van der Waals surface area contributed by atoms with Crippen molar-refractivity contribution >= 4 is 17.4 Å². The third-order valence-corrected chi connectivity index (χ3v) is 3.64. The van der Waals surface area contributed by atoms with Gasteiger partial charge in [-0.2, -0.15) is 0 Å². The molecule has 1 aromatic rings. The standard InChI is InChI=1S/C12H19ClN4O/c1-3-17-6-4-5-9(17)7-14-12-10(18-2)11(13)15-8-16-12/h8-9H,3-7H2,1-2H3,(H,14,15,16). The average Bonchev–Trinajstić information content (AvgIpc) is 2.83. The number of halogens is 1. The Morgan fingerprint density at radius 3 is 3.11 bits per heavy atom. The van der Waals surface area contributed by atoms with Crippen molar-refractivity contribution in [2.24, 2.45) is 0 Å². The van der Waals surface area contributed by atoms with Gasteiger partial charge in [0.05, 0.1) is 7.11 Å². The maximum absolute atomic E-state index is 5.95. The number of likely N-dealkylation sites (tertiary alicyclic amines) is 1. The Kier molecular flexibility index (Phi) is 4.60. The van der Waals surface area contributed by atoms with Crippen LogP contribution in [0.2, 0.25) is 5.15 Å². The fraction of sp³-hybridized carbons (Fsp3) is 0.667. The Morgan fingerprint density at radius 1 is 1.56 bits per heavy atom. The summed E-state index contributed by atoms with van der Waals surface area (Å²) in [5.74, 6) is 1.18. The molecular formula is C12H19ClN4O. The minimum absolute atomic E-state index is 0.341. The SMILES string of the molecule is CCN1CCCC1CNc1ncnc(Cl)c1OC. The fourth-order valence-corrected chi connectivity index (χ4v) is 2.63. The van der Waals surface area contributed by atoms with E-state index in [9.17, 15) is 0 Å². The first-order valence-corrected chi connectivity index (χ1v) is 6.66. The second kappa shape index (κ2) is 6.20. The molecule has 1 aliphatic heterocycles. The topological polar surface area (TPSA) is 50.3 Å². The lowest BCUT2D eigenvalue weighted by Gasteiger charge is -2.23. The Bertz CT molecular complexity index is 402. The van der Waals surface area contributed by atoms with Gasteiger partial charge in [0.2, 0.25) is 0 Å². The first-order chi connectivity index (χ1) is 8.76. The maximum Gasteiger partial charge on any atom is 0.198 e. The first-order valence-electron chi connectivity index (χ1n) is 6.28. The van der Waals surface area contributed by atoms with Crippen LogP contribution in [0.1, 0.15) is 19.8 Å². The molecule has 1 unspecified atom stereocenters. The average molecular weight is 271 g/mol. The minimum Gasteiger partial charge on any atom is -0.490 e. The normalized spacial score (nSPS) is 20.1. The lowest BCUT2D eigenvalue weighted by atomic mass is 10.2. The van der Waals surface area contributed by atoms with Gasteiger partial charge in [0.25, 0.3) is 0 Å². The summed E-state index contributed by atoms with van der Waals surface area (Å²) in [6.07, 6.45) is 3.93. The highest BCUT2D eigenvalue weighted by molar-refractivity contribution is 6.31. The summed E-state index contributed by atoms with van der Waals surface area (Å²) < 4.78 is 5.21. The number of nitrogens with one attached hydrogen (secondary N) is 1. The number of ether oxygens (including phenoxy) is 1. The molecule has 0 saturated carbocycles. The van der Waals surface area contributed by atoms with Gasteiger partial charge in [0.1, 0.15) is 6.33 Å². The van der Waals surface area contributed by atoms with E-state index in [1.165, 1.54) is 25.7 Å². The smallest absolute Gasteiger partial charge is 0.198 e. The van der Waals surface area contributed by atoms with Crippen molar-refractivity contribution in [1.29, 1.82) is 0 Å². The van der Waals surface area contributed by atoms with Crippen molar-refractivity contribution < 1.29 is 4.74 Å². The summed E-state index contributed by atoms with van der Waals surface area (Å²) >= 11 is 5.95. The summed E-state index contributed by atoms with van der Waals surface area (Å²) in [5, 5.41) is 3.65. The van der Waals surface area contributed by atoms with E-state index in [-0.39, 0.29) is 0 Å². The van der Waals surface area contributed by atoms with E-state index < -0.39 is 0 Å². The lowest BCUT2D eigenvalue weighted by molar-refractivity contribution is 0.276. The van der Waals surface area contributed by atoms with Crippen molar-refractivity contribution in [3.63, 3.8) is 0 Å². The summed E-state index contributed by atoms with van der Waals surface area (Å²) in [5.41, 5.74) is 0. The molecule has 0 aliphatic carbocycles. The van der Waals surface area contributed by atoms with E-state index in [0.29, 0.717) is 22.8 Å². The molecule has 0 amide bonds. The van der Waals surface area contributed by atoms with Crippen LogP contribution in [0.4, 0.5) is 5.82 Å². The van der Waals surface area contributed by atoms with E-state index in [2.05, 4.69) is 27.1 Å². The molecule has 1 aliphatic rings. The van der Waals surface area contributed by atoms with E-state index in [0.717, 1.165) is 13.1 Å². The number of nitrogens with zero attached hydrogens (tertiary/aromatic N) is 3.